The van der Waals surface area contributed by atoms with Gasteiger partial charge in [0.15, 0.2) is 0 Å². The Labute approximate surface area is 127 Å². The van der Waals surface area contributed by atoms with Gasteiger partial charge in [0.25, 0.3) is 0 Å². The van der Waals surface area contributed by atoms with Gasteiger partial charge in [0.1, 0.15) is 5.82 Å². The minimum Gasteiger partial charge on any atom is -0.310 e. The molecule has 0 saturated heterocycles. The summed E-state index contributed by atoms with van der Waals surface area (Å²) < 4.78 is 13.5. The molecule has 0 fully saturated rings. The first kappa shape index (κ1) is 15.2. The lowest BCUT2D eigenvalue weighted by molar-refractivity contribution is 0.565. The second kappa shape index (κ2) is 7.02. The Morgan fingerprint density at radius 3 is 2.75 bits per heavy atom. The molecule has 106 valence electrons. The number of nitrogens with zero attached hydrogens (tertiary/aromatic N) is 1. The zero-order valence-electron chi connectivity index (χ0n) is 11.0. The number of aromatic nitrogens is 1. The molecule has 0 aliphatic carbocycles. The van der Waals surface area contributed by atoms with Crippen LogP contribution in [-0.2, 0) is 6.42 Å². The quantitative estimate of drug-likeness (QED) is 0.827. The van der Waals surface area contributed by atoms with E-state index in [1.54, 1.807) is 6.20 Å². The molecule has 0 saturated carbocycles. The fraction of sp³-hybridized carbons (Fsp3) is 0.267. The van der Waals surface area contributed by atoms with Crippen molar-refractivity contribution in [1.29, 1.82) is 0 Å². The number of halogens is 3. The Morgan fingerprint density at radius 1 is 1.25 bits per heavy atom. The summed E-state index contributed by atoms with van der Waals surface area (Å²) in [5.74, 6) is -0.454. The van der Waals surface area contributed by atoms with Gasteiger partial charge in [-0.2, -0.15) is 0 Å². The van der Waals surface area contributed by atoms with Crippen molar-refractivity contribution in [2.75, 3.05) is 6.54 Å². The number of rotatable bonds is 5. The number of pyridine rings is 1. The molecule has 2 nitrogen and oxygen atoms in total. The highest BCUT2D eigenvalue weighted by molar-refractivity contribution is 6.36. The highest BCUT2D eigenvalue weighted by Crippen LogP contribution is 2.32. The average molecular weight is 313 g/mol. The predicted octanol–water partition coefficient (Wildman–Crippen LogP) is 4.42. The van der Waals surface area contributed by atoms with Crippen molar-refractivity contribution in [2.24, 2.45) is 0 Å². The molecule has 1 aromatic carbocycles. The van der Waals surface area contributed by atoms with Crippen LogP contribution in [0, 0.1) is 5.82 Å². The van der Waals surface area contributed by atoms with E-state index < -0.39 is 5.82 Å². The highest BCUT2D eigenvalue weighted by atomic mass is 35.5. The zero-order valence-corrected chi connectivity index (χ0v) is 12.5. The van der Waals surface area contributed by atoms with E-state index in [1.807, 2.05) is 25.1 Å². The van der Waals surface area contributed by atoms with Crippen LogP contribution in [0.15, 0.2) is 36.5 Å². The molecule has 1 N–H and O–H groups in total. The zero-order chi connectivity index (χ0) is 14.5. The second-order valence-electron chi connectivity index (χ2n) is 4.50. The maximum atomic E-state index is 13.5. The Kier molecular flexibility index (Phi) is 5.35. The maximum Gasteiger partial charge on any atom is 0.142 e. The number of hydrogen-bond acceptors (Lipinski definition) is 2. The molecule has 0 bridgehead atoms. The third-order valence-electron chi connectivity index (χ3n) is 3.07. The van der Waals surface area contributed by atoms with Crippen LogP contribution in [0.5, 0.6) is 0 Å². The van der Waals surface area contributed by atoms with Crippen molar-refractivity contribution in [3.8, 4) is 0 Å². The Bertz CT molecular complexity index is 576. The normalized spacial score (nSPS) is 12.4. The smallest absolute Gasteiger partial charge is 0.142 e. The largest absolute Gasteiger partial charge is 0.310 e. The van der Waals surface area contributed by atoms with E-state index in [0.717, 1.165) is 12.1 Å². The first-order chi connectivity index (χ1) is 9.59. The van der Waals surface area contributed by atoms with E-state index in [-0.39, 0.29) is 11.1 Å². The molecule has 0 aliphatic heterocycles. The van der Waals surface area contributed by atoms with Crippen LogP contribution >= 0.6 is 23.2 Å². The van der Waals surface area contributed by atoms with Gasteiger partial charge in [-0.15, -0.1) is 0 Å². The van der Waals surface area contributed by atoms with E-state index >= 15 is 0 Å². The SMILES string of the molecule is CC(NCCc1ccccn1)c1c(Cl)ccc(F)c1Cl. The van der Waals surface area contributed by atoms with Crippen LogP contribution in [0.2, 0.25) is 10.0 Å². The Hall–Kier alpha value is -1.16. The highest BCUT2D eigenvalue weighted by Gasteiger charge is 2.16. The fourth-order valence-electron chi connectivity index (χ4n) is 2.00. The topological polar surface area (TPSA) is 24.9 Å². The summed E-state index contributed by atoms with van der Waals surface area (Å²) in [6.07, 6.45) is 2.55. The van der Waals surface area contributed by atoms with Crippen LogP contribution in [0.3, 0.4) is 0 Å². The first-order valence-electron chi connectivity index (χ1n) is 6.36. The summed E-state index contributed by atoms with van der Waals surface area (Å²) in [7, 11) is 0. The molecule has 0 spiro atoms. The minimum absolute atomic E-state index is 0.0790. The summed E-state index contributed by atoms with van der Waals surface area (Å²) >= 11 is 12.1. The Balaban J connectivity index is 1.99. The molecule has 0 radical (unpaired) electrons. The summed E-state index contributed by atoms with van der Waals surface area (Å²) in [4.78, 5) is 4.25. The van der Waals surface area contributed by atoms with E-state index in [0.29, 0.717) is 17.1 Å². The molecular weight excluding hydrogens is 298 g/mol. The predicted molar refractivity (Wildman–Crippen MR) is 80.8 cm³/mol. The van der Waals surface area contributed by atoms with E-state index in [2.05, 4.69) is 10.3 Å². The molecule has 0 aliphatic rings. The number of benzene rings is 1. The van der Waals surface area contributed by atoms with Crippen molar-refractivity contribution in [3.63, 3.8) is 0 Å². The van der Waals surface area contributed by atoms with Crippen LogP contribution in [0.4, 0.5) is 4.39 Å². The van der Waals surface area contributed by atoms with E-state index in [1.165, 1.54) is 12.1 Å². The number of nitrogens with one attached hydrogen (secondary N) is 1. The number of hydrogen-bond donors (Lipinski definition) is 1. The van der Waals surface area contributed by atoms with Crippen LogP contribution in [-0.4, -0.2) is 11.5 Å². The monoisotopic (exact) mass is 312 g/mol. The van der Waals surface area contributed by atoms with Gasteiger partial charge in [0, 0.05) is 41.5 Å². The van der Waals surface area contributed by atoms with Gasteiger partial charge in [-0.25, -0.2) is 4.39 Å². The Morgan fingerprint density at radius 2 is 2.05 bits per heavy atom. The lowest BCUT2D eigenvalue weighted by atomic mass is 10.1. The van der Waals surface area contributed by atoms with Crippen LogP contribution in [0.25, 0.3) is 0 Å². The van der Waals surface area contributed by atoms with Crippen LogP contribution < -0.4 is 5.32 Å². The van der Waals surface area contributed by atoms with Gasteiger partial charge < -0.3 is 5.32 Å². The molecule has 1 unspecified atom stereocenters. The van der Waals surface area contributed by atoms with E-state index in [9.17, 15) is 4.39 Å². The van der Waals surface area contributed by atoms with Gasteiger partial charge >= 0.3 is 0 Å². The average Bonchev–Trinajstić information content (AvgIpc) is 2.44. The summed E-state index contributed by atoms with van der Waals surface area (Å²) in [5.41, 5.74) is 1.60. The second-order valence-corrected chi connectivity index (χ2v) is 5.29. The molecule has 1 heterocycles. The molecule has 2 aromatic rings. The van der Waals surface area contributed by atoms with Gasteiger partial charge in [0.2, 0.25) is 0 Å². The van der Waals surface area contributed by atoms with Crippen LogP contribution in [0.1, 0.15) is 24.2 Å². The standard InChI is InChI=1S/C15H15Cl2FN2/c1-10(14-12(16)5-6-13(18)15(14)17)19-9-7-11-4-2-3-8-20-11/h2-6,8,10,19H,7,9H2,1H3. The first-order valence-corrected chi connectivity index (χ1v) is 7.12. The fourth-order valence-corrected chi connectivity index (χ4v) is 2.70. The summed E-state index contributed by atoms with van der Waals surface area (Å²) in [6, 6.07) is 8.46. The molecule has 1 aromatic heterocycles. The molecule has 0 amide bonds. The van der Waals surface area contributed by atoms with Gasteiger partial charge in [-0.1, -0.05) is 29.3 Å². The van der Waals surface area contributed by atoms with Crippen molar-refractivity contribution < 1.29 is 4.39 Å². The van der Waals surface area contributed by atoms with Gasteiger partial charge in [-0.3, -0.25) is 4.98 Å². The van der Waals surface area contributed by atoms with Gasteiger partial charge in [0.05, 0.1) is 5.02 Å². The molecule has 2 rings (SSSR count). The summed E-state index contributed by atoms with van der Waals surface area (Å²) in [6.45, 7) is 2.62. The third-order valence-corrected chi connectivity index (χ3v) is 3.78. The molecule has 20 heavy (non-hydrogen) atoms. The van der Waals surface area contributed by atoms with Crippen molar-refractivity contribution in [3.05, 3.63) is 63.6 Å². The van der Waals surface area contributed by atoms with Crippen molar-refractivity contribution in [2.45, 2.75) is 19.4 Å². The molecule has 1 atom stereocenters. The van der Waals surface area contributed by atoms with Gasteiger partial charge in [-0.05, 0) is 31.2 Å². The van der Waals surface area contributed by atoms with Crippen molar-refractivity contribution in [1.82, 2.24) is 10.3 Å². The minimum atomic E-state index is -0.454. The van der Waals surface area contributed by atoms with Crippen molar-refractivity contribution >= 4 is 23.2 Å². The molecule has 5 heteroatoms. The molecular formula is C15H15Cl2FN2. The lowest BCUT2D eigenvalue weighted by Gasteiger charge is -2.17. The summed E-state index contributed by atoms with van der Waals surface area (Å²) in [5, 5.41) is 3.83. The lowest BCUT2D eigenvalue weighted by Crippen LogP contribution is -2.22. The third kappa shape index (κ3) is 3.69. The maximum absolute atomic E-state index is 13.5. The van der Waals surface area contributed by atoms with E-state index in [4.69, 9.17) is 23.2 Å².